The van der Waals surface area contributed by atoms with Crippen molar-refractivity contribution in [2.45, 2.75) is 13.3 Å². The van der Waals surface area contributed by atoms with E-state index in [0.717, 1.165) is 12.0 Å². The standard InChI is InChI=1S/C17H13BrN2O3S/c1-2-10-3-5-11(6-4-10)20-16(22)13(15(21)19-17(20)24)9-12-7-8-14(18)23-12/h3-9H,2H2,1H3,(H,19,21,24)/b13-9+. The molecule has 2 amide bonds. The fraction of sp³-hybridized carbons (Fsp3) is 0.118. The molecule has 0 aliphatic carbocycles. The maximum absolute atomic E-state index is 12.8. The van der Waals surface area contributed by atoms with Crippen LogP contribution in [0.5, 0.6) is 0 Å². The second-order valence-electron chi connectivity index (χ2n) is 5.12. The third-order valence-corrected chi connectivity index (χ3v) is 4.30. The molecule has 7 heteroatoms. The summed E-state index contributed by atoms with van der Waals surface area (Å²) in [5, 5.41) is 2.60. The van der Waals surface area contributed by atoms with Gasteiger partial charge in [-0.05, 0) is 70.5 Å². The van der Waals surface area contributed by atoms with Crippen molar-refractivity contribution in [1.29, 1.82) is 0 Å². The average molecular weight is 405 g/mol. The van der Waals surface area contributed by atoms with E-state index in [2.05, 4.69) is 21.2 Å². The van der Waals surface area contributed by atoms with Gasteiger partial charge in [0.1, 0.15) is 11.3 Å². The number of furan rings is 1. The van der Waals surface area contributed by atoms with Crippen molar-refractivity contribution in [3.63, 3.8) is 0 Å². The Morgan fingerprint density at radius 1 is 1.21 bits per heavy atom. The normalized spacial score (nSPS) is 16.7. The van der Waals surface area contributed by atoms with Gasteiger partial charge in [0.25, 0.3) is 11.8 Å². The zero-order valence-corrected chi connectivity index (χ0v) is 15.1. The molecule has 0 spiro atoms. The van der Waals surface area contributed by atoms with Crippen molar-refractivity contribution in [1.82, 2.24) is 5.32 Å². The van der Waals surface area contributed by atoms with Gasteiger partial charge < -0.3 is 4.42 Å². The number of nitrogens with zero attached hydrogens (tertiary/aromatic N) is 1. The lowest BCUT2D eigenvalue weighted by Gasteiger charge is -2.28. The van der Waals surface area contributed by atoms with E-state index < -0.39 is 11.8 Å². The van der Waals surface area contributed by atoms with Crippen LogP contribution in [0.1, 0.15) is 18.2 Å². The number of aryl methyl sites for hydroxylation is 1. The summed E-state index contributed by atoms with van der Waals surface area (Å²) >= 11 is 8.35. The van der Waals surface area contributed by atoms with Gasteiger partial charge in [0.05, 0.1) is 5.69 Å². The Balaban J connectivity index is 1.97. The van der Waals surface area contributed by atoms with Crippen molar-refractivity contribution >= 4 is 56.8 Å². The number of hydrogen-bond donors (Lipinski definition) is 1. The van der Waals surface area contributed by atoms with Crippen LogP contribution in [0.15, 0.2) is 51.1 Å². The van der Waals surface area contributed by atoms with E-state index in [9.17, 15) is 9.59 Å². The molecule has 1 aromatic heterocycles. The molecule has 1 N–H and O–H groups in total. The van der Waals surface area contributed by atoms with Crippen LogP contribution in [0.3, 0.4) is 0 Å². The first kappa shape index (κ1) is 16.6. The van der Waals surface area contributed by atoms with Crippen LogP contribution in [-0.2, 0) is 16.0 Å². The summed E-state index contributed by atoms with van der Waals surface area (Å²) in [5.41, 5.74) is 1.72. The molecule has 3 rings (SSSR count). The molecule has 1 aliphatic rings. The van der Waals surface area contributed by atoms with Gasteiger partial charge in [-0.3, -0.25) is 19.8 Å². The summed E-state index contributed by atoms with van der Waals surface area (Å²) in [6, 6.07) is 10.8. The third kappa shape index (κ3) is 3.18. The zero-order chi connectivity index (χ0) is 17.3. The minimum atomic E-state index is -0.543. The Labute approximate surface area is 152 Å². The summed E-state index contributed by atoms with van der Waals surface area (Å²) in [6.45, 7) is 2.05. The summed E-state index contributed by atoms with van der Waals surface area (Å²) in [7, 11) is 0. The molecule has 0 unspecified atom stereocenters. The van der Waals surface area contributed by atoms with E-state index in [1.165, 1.54) is 11.0 Å². The number of hydrogen-bond acceptors (Lipinski definition) is 4. The number of halogens is 1. The fourth-order valence-corrected chi connectivity index (χ4v) is 2.92. The van der Waals surface area contributed by atoms with E-state index in [1.54, 1.807) is 12.1 Å². The summed E-state index contributed by atoms with van der Waals surface area (Å²) in [5.74, 6) is -0.631. The van der Waals surface area contributed by atoms with Crippen molar-refractivity contribution in [2.24, 2.45) is 0 Å². The maximum Gasteiger partial charge on any atom is 0.270 e. The molecule has 122 valence electrons. The number of carbonyl (C=O) groups excluding carboxylic acids is 2. The second kappa shape index (κ2) is 6.70. The van der Waals surface area contributed by atoms with Crippen LogP contribution in [0, 0.1) is 0 Å². The summed E-state index contributed by atoms with van der Waals surface area (Å²) < 4.78 is 5.85. The van der Waals surface area contributed by atoms with Crippen LogP contribution in [0.4, 0.5) is 5.69 Å². The number of nitrogens with one attached hydrogen (secondary N) is 1. The SMILES string of the molecule is CCc1ccc(N2C(=O)/C(=C/c3ccc(Br)o3)C(=O)NC2=S)cc1. The van der Waals surface area contributed by atoms with Crippen molar-refractivity contribution in [2.75, 3.05) is 4.90 Å². The fourth-order valence-electron chi connectivity index (χ4n) is 2.32. The lowest BCUT2D eigenvalue weighted by atomic mass is 10.1. The van der Waals surface area contributed by atoms with Gasteiger partial charge in [-0.2, -0.15) is 0 Å². The molecule has 1 fully saturated rings. The van der Waals surface area contributed by atoms with E-state index in [-0.39, 0.29) is 10.7 Å². The first-order chi connectivity index (χ1) is 11.5. The lowest BCUT2D eigenvalue weighted by Crippen LogP contribution is -2.54. The molecule has 0 radical (unpaired) electrons. The molecule has 1 aromatic carbocycles. The molecular formula is C17H13BrN2O3S. The monoisotopic (exact) mass is 404 g/mol. The van der Waals surface area contributed by atoms with Gasteiger partial charge >= 0.3 is 0 Å². The molecule has 0 atom stereocenters. The van der Waals surface area contributed by atoms with Gasteiger partial charge in [0, 0.05) is 0 Å². The average Bonchev–Trinajstić information content (AvgIpc) is 2.97. The number of carbonyl (C=O) groups is 2. The minimum absolute atomic E-state index is 0.0370. The smallest absolute Gasteiger partial charge is 0.270 e. The molecule has 24 heavy (non-hydrogen) atoms. The molecule has 1 aliphatic heterocycles. The third-order valence-electron chi connectivity index (χ3n) is 3.59. The van der Waals surface area contributed by atoms with Crippen LogP contribution in [-0.4, -0.2) is 16.9 Å². The van der Waals surface area contributed by atoms with Crippen LogP contribution in [0.25, 0.3) is 6.08 Å². The first-order valence-electron chi connectivity index (χ1n) is 7.25. The Bertz CT molecular complexity index is 855. The molecule has 0 saturated carbocycles. The Hall–Kier alpha value is -2.25. The van der Waals surface area contributed by atoms with E-state index in [4.69, 9.17) is 16.6 Å². The van der Waals surface area contributed by atoms with E-state index in [1.807, 2.05) is 31.2 Å². The predicted octanol–water partition coefficient (Wildman–Crippen LogP) is 3.44. The van der Waals surface area contributed by atoms with E-state index >= 15 is 0 Å². The second-order valence-corrected chi connectivity index (χ2v) is 6.29. The van der Waals surface area contributed by atoms with Gasteiger partial charge in [-0.1, -0.05) is 19.1 Å². The van der Waals surface area contributed by atoms with Crippen LogP contribution < -0.4 is 10.2 Å². The lowest BCUT2D eigenvalue weighted by molar-refractivity contribution is -0.122. The predicted molar refractivity (Wildman–Crippen MR) is 98.4 cm³/mol. The molecule has 5 nitrogen and oxygen atoms in total. The molecule has 2 aromatic rings. The van der Waals surface area contributed by atoms with Gasteiger partial charge in [0.15, 0.2) is 9.78 Å². The van der Waals surface area contributed by atoms with Crippen molar-refractivity contribution in [3.8, 4) is 0 Å². The van der Waals surface area contributed by atoms with Crippen molar-refractivity contribution < 1.29 is 14.0 Å². The molecule has 1 saturated heterocycles. The highest BCUT2D eigenvalue weighted by Crippen LogP contribution is 2.23. The maximum atomic E-state index is 12.8. The highest BCUT2D eigenvalue weighted by atomic mass is 79.9. The first-order valence-corrected chi connectivity index (χ1v) is 8.45. The van der Waals surface area contributed by atoms with E-state index in [0.29, 0.717) is 16.1 Å². The van der Waals surface area contributed by atoms with Crippen LogP contribution in [0.2, 0.25) is 0 Å². The largest absolute Gasteiger partial charge is 0.450 e. The van der Waals surface area contributed by atoms with Crippen LogP contribution >= 0.6 is 28.1 Å². The summed E-state index contributed by atoms with van der Waals surface area (Å²) in [6.07, 6.45) is 2.30. The Morgan fingerprint density at radius 2 is 1.92 bits per heavy atom. The molecule has 2 heterocycles. The zero-order valence-electron chi connectivity index (χ0n) is 12.7. The molecule has 0 bridgehead atoms. The van der Waals surface area contributed by atoms with Gasteiger partial charge in [-0.15, -0.1) is 0 Å². The number of amides is 2. The Kier molecular flexibility index (Phi) is 4.64. The Morgan fingerprint density at radius 3 is 2.50 bits per heavy atom. The highest BCUT2D eigenvalue weighted by Gasteiger charge is 2.34. The number of benzene rings is 1. The van der Waals surface area contributed by atoms with Crippen molar-refractivity contribution in [3.05, 3.63) is 58.0 Å². The highest BCUT2D eigenvalue weighted by molar-refractivity contribution is 9.10. The topological polar surface area (TPSA) is 62.6 Å². The number of rotatable bonds is 3. The minimum Gasteiger partial charge on any atom is -0.450 e. The number of thiocarbonyl (C=S) groups is 1. The quantitative estimate of drug-likeness (QED) is 0.483. The molecular weight excluding hydrogens is 392 g/mol. The van der Waals surface area contributed by atoms with Gasteiger partial charge in [-0.25, -0.2) is 0 Å². The summed E-state index contributed by atoms with van der Waals surface area (Å²) in [4.78, 5) is 26.2. The van der Waals surface area contributed by atoms with Gasteiger partial charge in [0.2, 0.25) is 0 Å². The number of anilines is 1.